The second-order valence-corrected chi connectivity index (χ2v) is 10.9. The Kier molecular flexibility index (Phi) is 9.75. The highest BCUT2D eigenvalue weighted by Crippen LogP contribution is 2.26. The van der Waals surface area contributed by atoms with Crippen LogP contribution in [0.5, 0.6) is 5.75 Å². The monoisotopic (exact) mass is 536 g/mol. The van der Waals surface area contributed by atoms with Gasteiger partial charge in [-0.05, 0) is 64.5 Å². The normalized spacial score (nSPS) is 12.3. The van der Waals surface area contributed by atoms with Crippen molar-refractivity contribution >= 4 is 28.8 Å². The molecule has 0 saturated heterocycles. The third kappa shape index (κ3) is 8.32. The van der Waals surface area contributed by atoms with Crippen LogP contribution in [0.15, 0.2) is 54.7 Å². The molecule has 0 radical (unpaired) electrons. The minimum Gasteiger partial charge on any atom is -0.497 e. The third-order valence-electron chi connectivity index (χ3n) is 6.21. The van der Waals surface area contributed by atoms with E-state index in [4.69, 9.17) is 9.47 Å². The molecular formula is C30H40N4O5. The fourth-order valence-electron chi connectivity index (χ4n) is 4.28. The summed E-state index contributed by atoms with van der Waals surface area (Å²) < 4.78 is 12.4. The largest absolute Gasteiger partial charge is 0.497 e. The van der Waals surface area contributed by atoms with Crippen molar-refractivity contribution < 1.29 is 23.9 Å². The van der Waals surface area contributed by atoms with E-state index in [9.17, 15) is 14.4 Å². The SMILES string of the molecule is COc1ccc2c(CCN(C)C)cn(C(=O)CN(C)C(=O)[C@H](Cc3ccccc3)NC(=O)OC(C)(C)C)c2c1. The zero-order chi connectivity index (χ0) is 28.7. The van der Waals surface area contributed by atoms with Gasteiger partial charge < -0.3 is 24.6 Å². The van der Waals surface area contributed by atoms with Gasteiger partial charge in [-0.3, -0.25) is 14.2 Å². The van der Waals surface area contributed by atoms with Crippen LogP contribution >= 0.6 is 0 Å². The Morgan fingerprint density at radius 3 is 2.33 bits per heavy atom. The topological polar surface area (TPSA) is 93.1 Å². The van der Waals surface area contributed by atoms with Gasteiger partial charge in [-0.1, -0.05) is 30.3 Å². The zero-order valence-electron chi connectivity index (χ0n) is 24.0. The first-order chi connectivity index (χ1) is 18.4. The minimum absolute atomic E-state index is 0.172. The van der Waals surface area contributed by atoms with Crippen molar-refractivity contribution in [3.05, 3.63) is 65.9 Å². The summed E-state index contributed by atoms with van der Waals surface area (Å²) in [5, 5.41) is 3.67. The maximum atomic E-state index is 13.5. The van der Waals surface area contributed by atoms with Crippen molar-refractivity contribution in [1.82, 2.24) is 19.7 Å². The lowest BCUT2D eigenvalue weighted by Crippen LogP contribution is -2.51. The summed E-state index contributed by atoms with van der Waals surface area (Å²) in [5.41, 5.74) is 1.92. The number of nitrogens with one attached hydrogen (secondary N) is 1. The number of hydrogen-bond donors (Lipinski definition) is 1. The molecule has 0 fully saturated rings. The van der Waals surface area contributed by atoms with Crippen molar-refractivity contribution in [1.29, 1.82) is 0 Å². The van der Waals surface area contributed by atoms with Gasteiger partial charge in [0.05, 0.1) is 12.6 Å². The number of fused-ring (bicyclic) bond motifs is 1. The summed E-state index contributed by atoms with van der Waals surface area (Å²) in [4.78, 5) is 43.0. The van der Waals surface area contributed by atoms with Crippen molar-refractivity contribution in [2.45, 2.75) is 45.3 Å². The predicted molar refractivity (Wildman–Crippen MR) is 152 cm³/mol. The fraction of sp³-hybridized carbons (Fsp3) is 0.433. The highest BCUT2D eigenvalue weighted by molar-refractivity contribution is 5.97. The first-order valence-electron chi connectivity index (χ1n) is 13.0. The number of aromatic nitrogens is 1. The minimum atomic E-state index is -0.905. The Bertz CT molecular complexity index is 1290. The van der Waals surface area contributed by atoms with E-state index in [1.165, 1.54) is 4.90 Å². The van der Waals surface area contributed by atoms with Crippen LogP contribution in [0, 0.1) is 0 Å². The van der Waals surface area contributed by atoms with E-state index in [1.54, 1.807) is 39.5 Å². The van der Waals surface area contributed by atoms with E-state index in [0.29, 0.717) is 5.75 Å². The number of ether oxygens (including phenoxy) is 2. The Morgan fingerprint density at radius 2 is 1.72 bits per heavy atom. The Morgan fingerprint density at radius 1 is 1.03 bits per heavy atom. The number of carbonyl (C=O) groups is 3. The maximum Gasteiger partial charge on any atom is 0.408 e. The fourth-order valence-corrected chi connectivity index (χ4v) is 4.28. The van der Waals surface area contributed by atoms with Crippen LogP contribution in [0.4, 0.5) is 4.79 Å². The van der Waals surface area contributed by atoms with E-state index in [0.717, 1.165) is 35.0 Å². The molecule has 0 aliphatic carbocycles. The number of likely N-dealkylation sites (N-methyl/N-ethyl adjacent to an activating group) is 2. The highest BCUT2D eigenvalue weighted by atomic mass is 16.6. The number of hydrogen-bond acceptors (Lipinski definition) is 6. The van der Waals surface area contributed by atoms with E-state index in [1.807, 2.05) is 68.8 Å². The zero-order valence-corrected chi connectivity index (χ0v) is 24.0. The molecule has 1 aromatic heterocycles. The maximum absolute atomic E-state index is 13.5. The molecule has 0 aliphatic rings. The van der Waals surface area contributed by atoms with Crippen LogP contribution in [0.25, 0.3) is 10.9 Å². The lowest BCUT2D eigenvalue weighted by molar-refractivity contribution is -0.131. The van der Waals surface area contributed by atoms with E-state index >= 15 is 0 Å². The van der Waals surface area contributed by atoms with Gasteiger partial charge in [0.2, 0.25) is 5.91 Å². The molecule has 9 nitrogen and oxygen atoms in total. The molecule has 0 aliphatic heterocycles. The smallest absolute Gasteiger partial charge is 0.408 e. The molecule has 0 saturated carbocycles. The second kappa shape index (κ2) is 12.8. The summed E-state index contributed by atoms with van der Waals surface area (Å²) >= 11 is 0. The average molecular weight is 537 g/mol. The number of benzene rings is 2. The van der Waals surface area contributed by atoms with Gasteiger partial charge in [0.15, 0.2) is 0 Å². The van der Waals surface area contributed by atoms with Crippen molar-refractivity contribution in [2.75, 3.05) is 41.3 Å². The van der Waals surface area contributed by atoms with Crippen LogP contribution in [0.2, 0.25) is 0 Å². The number of nitrogens with zero attached hydrogens (tertiary/aromatic N) is 3. The lowest BCUT2D eigenvalue weighted by Gasteiger charge is -2.26. The lowest BCUT2D eigenvalue weighted by atomic mass is 10.0. The van der Waals surface area contributed by atoms with Gasteiger partial charge in [-0.15, -0.1) is 0 Å². The molecule has 1 heterocycles. The number of amides is 2. The molecule has 1 N–H and O–H groups in total. The van der Waals surface area contributed by atoms with E-state index < -0.39 is 17.7 Å². The van der Waals surface area contributed by atoms with Crippen LogP contribution in [0.3, 0.4) is 0 Å². The number of carbonyl (C=O) groups excluding carboxylic acids is 3. The molecule has 3 aromatic rings. The van der Waals surface area contributed by atoms with Crippen molar-refractivity contribution in [3.63, 3.8) is 0 Å². The Labute approximate surface area is 230 Å². The first kappa shape index (κ1) is 29.7. The van der Waals surface area contributed by atoms with E-state index in [-0.39, 0.29) is 24.8 Å². The van der Waals surface area contributed by atoms with Gasteiger partial charge >= 0.3 is 6.09 Å². The molecule has 2 amide bonds. The second-order valence-electron chi connectivity index (χ2n) is 10.9. The number of alkyl carbamates (subject to hydrolysis) is 1. The van der Waals surface area contributed by atoms with Gasteiger partial charge in [0.1, 0.15) is 23.9 Å². The van der Waals surface area contributed by atoms with Crippen LogP contribution in [-0.2, 0) is 22.4 Å². The molecule has 9 heteroatoms. The van der Waals surface area contributed by atoms with Crippen LogP contribution < -0.4 is 10.1 Å². The molecule has 1 atom stereocenters. The predicted octanol–water partition coefficient (Wildman–Crippen LogP) is 3.99. The summed E-state index contributed by atoms with van der Waals surface area (Å²) in [6.07, 6.45) is 2.18. The summed E-state index contributed by atoms with van der Waals surface area (Å²) in [6.45, 7) is 5.93. The molecule has 210 valence electrons. The quantitative estimate of drug-likeness (QED) is 0.421. The van der Waals surface area contributed by atoms with Gasteiger partial charge in [-0.2, -0.15) is 0 Å². The standard InChI is InChI=1S/C30H40N4O5/c1-30(2,3)39-29(37)31-25(17-21-11-9-8-10-12-21)28(36)33(6)20-27(35)34-19-22(15-16-32(4)5)24-14-13-23(38-7)18-26(24)34/h8-14,18-19,25H,15-17,20H2,1-7H3,(H,31,37)/t25-/m0/s1. The highest BCUT2D eigenvalue weighted by Gasteiger charge is 2.28. The van der Waals surface area contributed by atoms with Gasteiger partial charge in [-0.25, -0.2) is 4.79 Å². The van der Waals surface area contributed by atoms with Crippen LogP contribution in [0.1, 0.15) is 36.7 Å². The van der Waals surface area contributed by atoms with Gasteiger partial charge in [0.25, 0.3) is 5.91 Å². The number of rotatable bonds is 10. The first-order valence-corrected chi connectivity index (χ1v) is 13.0. The molecule has 0 spiro atoms. The molecule has 39 heavy (non-hydrogen) atoms. The van der Waals surface area contributed by atoms with E-state index in [2.05, 4.69) is 10.2 Å². The molecule has 3 rings (SSSR count). The summed E-state index contributed by atoms with van der Waals surface area (Å²) in [5.74, 6) is -0.0152. The molecule has 0 bridgehead atoms. The molecule has 0 unspecified atom stereocenters. The molecule has 2 aromatic carbocycles. The Balaban J connectivity index is 1.84. The number of methoxy groups -OCH3 is 1. The average Bonchev–Trinajstić information content (AvgIpc) is 3.24. The summed E-state index contributed by atoms with van der Waals surface area (Å²) in [6, 6.07) is 14.2. The van der Waals surface area contributed by atoms with Crippen LogP contribution in [-0.4, -0.2) is 85.3 Å². The Hall–Kier alpha value is -3.85. The van der Waals surface area contributed by atoms with Crippen molar-refractivity contribution in [2.24, 2.45) is 0 Å². The van der Waals surface area contributed by atoms with Crippen molar-refractivity contribution in [3.8, 4) is 5.75 Å². The summed E-state index contributed by atoms with van der Waals surface area (Å²) in [7, 11) is 7.16. The van der Waals surface area contributed by atoms with Gasteiger partial charge in [0, 0.05) is 37.7 Å². The third-order valence-corrected chi connectivity index (χ3v) is 6.21. The molecular weight excluding hydrogens is 496 g/mol.